The molecule has 4 heteroatoms. The van der Waals surface area contributed by atoms with Crippen LogP contribution < -0.4 is 0 Å². The molecule has 0 saturated carbocycles. The van der Waals surface area contributed by atoms with Gasteiger partial charge in [-0.3, -0.25) is 4.79 Å². The Kier molecular flexibility index (Phi) is 5.56. The van der Waals surface area contributed by atoms with E-state index in [1.165, 1.54) is 11.1 Å². The van der Waals surface area contributed by atoms with Crippen LogP contribution in [0, 0.1) is 5.41 Å². The number of hydrogen-bond acceptors (Lipinski definition) is 3. The molecule has 1 amide bonds. The maximum absolute atomic E-state index is 12.3. The third-order valence-electron chi connectivity index (χ3n) is 3.98. The molecule has 1 aliphatic rings. The highest BCUT2D eigenvalue weighted by Gasteiger charge is 2.36. The monoisotopic (exact) mass is 320 g/mol. The third kappa shape index (κ3) is 4.26. The summed E-state index contributed by atoms with van der Waals surface area (Å²) in [4.78, 5) is 16.6. The summed E-state index contributed by atoms with van der Waals surface area (Å²) in [5.74, 6) is 0.861. The van der Waals surface area contributed by atoms with Gasteiger partial charge in [0.15, 0.2) is 0 Å². The van der Waals surface area contributed by atoms with E-state index in [1.54, 1.807) is 11.8 Å². The Bertz CT molecular complexity index is 510. The number of carbonyl (C=O) groups excluding carboxylic acids is 1. The van der Waals surface area contributed by atoms with Gasteiger partial charge in [-0.05, 0) is 37.1 Å². The van der Waals surface area contributed by atoms with Gasteiger partial charge in [-0.15, -0.1) is 11.8 Å². The average molecular weight is 321 g/mol. The zero-order valence-electron chi connectivity index (χ0n) is 14.4. The molecule has 1 aromatic rings. The van der Waals surface area contributed by atoms with Gasteiger partial charge in [-0.25, -0.2) is 0 Å². The lowest BCUT2D eigenvalue weighted by atomic mass is 9.92. The Labute approximate surface area is 139 Å². The van der Waals surface area contributed by atoms with Gasteiger partial charge in [-0.2, -0.15) is 0 Å². The second-order valence-electron chi connectivity index (χ2n) is 7.18. The van der Waals surface area contributed by atoms with E-state index in [4.69, 9.17) is 0 Å². The fraction of sp³-hybridized carbons (Fsp3) is 0.611. The van der Waals surface area contributed by atoms with Gasteiger partial charge in [0, 0.05) is 13.1 Å². The number of carbonyl (C=O) groups is 1. The smallest absolute Gasteiger partial charge is 0.233 e. The molecule has 0 radical (unpaired) electrons. The minimum Gasteiger partial charge on any atom is -0.325 e. The molecule has 122 valence electrons. The normalized spacial score (nSPS) is 19.3. The molecule has 2 rings (SSSR count). The Morgan fingerprint density at radius 3 is 2.45 bits per heavy atom. The Morgan fingerprint density at radius 2 is 1.91 bits per heavy atom. The number of amides is 1. The number of rotatable bonds is 6. The van der Waals surface area contributed by atoms with Crippen LogP contribution in [0.5, 0.6) is 0 Å². The van der Waals surface area contributed by atoms with Crippen LogP contribution in [0.15, 0.2) is 24.3 Å². The molecule has 3 nitrogen and oxygen atoms in total. The second kappa shape index (κ2) is 7.05. The van der Waals surface area contributed by atoms with Crippen LogP contribution in [0.2, 0.25) is 0 Å². The summed E-state index contributed by atoms with van der Waals surface area (Å²) in [6.07, 6.45) is 1.05. The highest BCUT2D eigenvalue weighted by Crippen LogP contribution is 2.40. The lowest BCUT2D eigenvalue weighted by Crippen LogP contribution is -2.41. The maximum Gasteiger partial charge on any atom is 0.233 e. The van der Waals surface area contributed by atoms with Crippen LogP contribution in [-0.4, -0.2) is 48.6 Å². The van der Waals surface area contributed by atoms with Crippen molar-refractivity contribution in [3.63, 3.8) is 0 Å². The summed E-state index contributed by atoms with van der Waals surface area (Å²) >= 11 is 1.75. The summed E-state index contributed by atoms with van der Waals surface area (Å²) < 4.78 is 0. The van der Waals surface area contributed by atoms with Gasteiger partial charge in [0.05, 0.1) is 5.75 Å². The van der Waals surface area contributed by atoms with Crippen LogP contribution in [0.25, 0.3) is 0 Å². The zero-order chi connectivity index (χ0) is 16.3. The van der Waals surface area contributed by atoms with Crippen LogP contribution in [0.3, 0.4) is 0 Å². The molecule has 1 aromatic carbocycles. The molecule has 1 unspecified atom stereocenters. The van der Waals surface area contributed by atoms with E-state index in [1.807, 2.05) is 0 Å². The van der Waals surface area contributed by atoms with Crippen LogP contribution in [0.1, 0.15) is 37.3 Å². The first kappa shape index (κ1) is 17.4. The Balaban J connectivity index is 2.15. The first-order chi connectivity index (χ1) is 10.3. The summed E-state index contributed by atoms with van der Waals surface area (Å²) in [5.41, 5.74) is 2.68. The molecular weight excluding hydrogens is 292 g/mol. The van der Waals surface area contributed by atoms with Gasteiger partial charge in [0.1, 0.15) is 5.37 Å². The van der Waals surface area contributed by atoms with Crippen molar-refractivity contribution >= 4 is 17.7 Å². The van der Waals surface area contributed by atoms with Crippen molar-refractivity contribution in [3.8, 4) is 0 Å². The van der Waals surface area contributed by atoms with E-state index in [0.29, 0.717) is 5.75 Å². The fourth-order valence-electron chi connectivity index (χ4n) is 3.19. The highest BCUT2D eigenvalue weighted by molar-refractivity contribution is 8.00. The van der Waals surface area contributed by atoms with E-state index in [0.717, 1.165) is 19.5 Å². The van der Waals surface area contributed by atoms with E-state index in [2.05, 4.69) is 68.9 Å². The van der Waals surface area contributed by atoms with E-state index in [-0.39, 0.29) is 16.7 Å². The summed E-state index contributed by atoms with van der Waals surface area (Å²) in [6, 6.07) is 8.73. The predicted octanol–water partition coefficient (Wildman–Crippen LogP) is 3.41. The van der Waals surface area contributed by atoms with Crippen molar-refractivity contribution < 1.29 is 4.79 Å². The highest BCUT2D eigenvalue weighted by atomic mass is 32.2. The van der Waals surface area contributed by atoms with Crippen molar-refractivity contribution in [1.82, 2.24) is 9.80 Å². The van der Waals surface area contributed by atoms with Crippen molar-refractivity contribution in [3.05, 3.63) is 35.4 Å². The molecule has 0 aromatic heterocycles. The van der Waals surface area contributed by atoms with Crippen molar-refractivity contribution in [2.75, 3.05) is 32.9 Å². The summed E-state index contributed by atoms with van der Waals surface area (Å²) in [7, 11) is 4.17. The van der Waals surface area contributed by atoms with E-state index < -0.39 is 0 Å². The maximum atomic E-state index is 12.3. The summed E-state index contributed by atoms with van der Waals surface area (Å²) in [6.45, 7) is 8.42. The Hall–Kier alpha value is -1.00. The number of benzene rings is 1. The second-order valence-corrected chi connectivity index (χ2v) is 8.25. The first-order valence-electron chi connectivity index (χ1n) is 7.97. The topological polar surface area (TPSA) is 23.6 Å². The number of hydrogen-bond donors (Lipinski definition) is 0. The molecule has 1 heterocycles. The largest absolute Gasteiger partial charge is 0.325 e. The van der Waals surface area contributed by atoms with Gasteiger partial charge in [-0.1, -0.05) is 45.0 Å². The van der Waals surface area contributed by atoms with Gasteiger partial charge >= 0.3 is 0 Å². The molecule has 0 N–H and O–H groups in total. The zero-order valence-corrected chi connectivity index (χ0v) is 15.2. The third-order valence-corrected chi connectivity index (χ3v) is 5.24. The first-order valence-corrected chi connectivity index (χ1v) is 9.02. The Morgan fingerprint density at radius 1 is 1.27 bits per heavy atom. The lowest BCUT2D eigenvalue weighted by Gasteiger charge is -2.35. The molecule has 22 heavy (non-hydrogen) atoms. The minimum absolute atomic E-state index is 0.0890. The molecule has 1 aliphatic heterocycles. The van der Waals surface area contributed by atoms with Crippen molar-refractivity contribution in [2.24, 2.45) is 5.41 Å². The SMILES string of the molecule is CCc1ccc(C2SCC(=O)N2CC(C)(C)CN(C)C)cc1. The minimum atomic E-state index is 0.0890. The summed E-state index contributed by atoms with van der Waals surface area (Å²) in [5, 5.41) is 0.167. The number of thioether (sulfide) groups is 1. The van der Waals surface area contributed by atoms with Gasteiger partial charge in [0.25, 0.3) is 0 Å². The molecule has 0 bridgehead atoms. The van der Waals surface area contributed by atoms with Crippen LogP contribution in [-0.2, 0) is 11.2 Å². The van der Waals surface area contributed by atoms with Crippen molar-refractivity contribution in [2.45, 2.75) is 32.6 Å². The molecule has 1 atom stereocenters. The molecule has 0 spiro atoms. The van der Waals surface area contributed by atoms with Crippen LogP contribution in [0.4, 0.5) is 0 Å². The predicted molar refractivity (Wildman–Crippen MR) is 95.1 cm³/mol. The van der Waals surface area contributed by atoms with Gasteiger partial charge < -0.3 is 9.80 Å². The molecule has 1 fully saturated rings. The molecule has 0 aliphatic carbocycles. The van der Waals surface area contributed by atoms with E-state index in [9.17, 15) is 4.79 Å². The standard InChI is InChI=1S/C18H28N2OS/c1-6-14-7-9-15(10-8-14)17-20(16(21)11-22-17)13-18(2,3)12-19(4)5/h7-10,17H,6,11-13H2,1-5H3. The fourth-order valence-corrected chi connectivity index (χ4v) is 4.37. The van der Waals surface area contributed by atoms with Crippen LogP contribution >= 0.6 is 11.8 Å². The van der Waals surface area contributed by atoms with Gasteiger partial charge in [0.2, 0.25) is 5.91 Å². The molecular formula is C18H28N2OS. The molecule has 1 saturated heterocycles. The number of aryl methyl sites for hydroxylation is 1. The van der Waals surface area contributed by atoms with Crippen molar-refractivity contribution in [1.29, 1.82) is 0 Å². The van der Waals surface area contributed by atoms with E-state index >= 15 is 0 Å². The lowest BCUT2D eigenvalue weighted by molar-refractivity contribution is -0.129. The number of nitrogens with zero attached hydrogens (tertiary/aromatic N) is 2. The quantitative estimate of drug-likeness (QED) is 0.802. The average Bonchev–Trinajstić information content (AvgIpc) is 2.78.